The molecule has 0 bridgehead atoms. The van der Waals surface area contributed by atoms with E-state index in [1.165, 1.54) is 4.31 Å². The Kier molecular flexibility index (Phi) is 11.5. The van der Waals surface area contributed by atoms with Crippen molar-refractivity contribution < 1.29 is 17.9 Å². The molecule has 7 nitrogen and oxygen atoms in total. The molecule has 0 atom stereocenters. The van der Waals surface area contributed by atoms with Crippen molar-refractivity contribution in [1.29, 1.82) is 0 Å². The highest BCUT2D eigenvalue weighted by atomic mass is 32.2. The Morgan fingerprint density at radius 3 is 2.09 bits per heavy atom. The number of sulfonamides is 1. The van der Waals surface area contributed by atoms with Gasteiger partial charge in [-0.15, -0.1) is 0 Å². The second kappa shape index (κ2) is 14.0. The maximum Gasteiger partial charge on any atom is 0.257 e. The second-order valence-corrected chi connectivity index (χ2v) is 10.3. The summed E-state index contributed by atoms with van der Waals surface area (Å²) in [5, 5.41) is 5.68. The Balaban J connectivity index is 1.93. The van der Waals surface area contributed by atoms with Crippen LogP contribution in [0.1, 0.15) is 63.2 Å². The molecule has 0 aliphatic heterocycles. The molecule has 2 aromatic rings. The molecule has 0 fully saturated rings. The second-order valence-electron chi connectivity index (χ2n) is 7.92. The lowest BCUT2D eigenvalue weighted by Gasteiger charge is -2.21. The maximum absolute atomic E-state index is 12.9. The quantitative estimate of drug-likeness (QED) is 0.288. The van der Waals surface area contributed by atoms with Gasteiger partial charge in [-0.25, -0.2) is 8.42 Å². The first-order valence-corrected chi connectivity index (χ1v) is 13.6. The number of nitrogens with one attached hydrogen (secondary N) is 2. The maximum atomic E-state index is 12.9. The highest BCUT2D eigenvalue weighted by Crippen LogP contribution is 2.19. The molecule has 0 radical (unpaired) electrons. The van der Waals surface area contributed by atoms with Crippen molar-refractivity contribution in [2.75, 3.05) is 25.0 Å². The third kappa shape index (κ3) is 8.38. The Bertz CT molecular complexity index is 1020. The van der Waals surface area contributed by atoms with Crippen LogP contribution >= 0.6 is 12.2 Å². The smallest absolute Gasteiger partial charge is 0.257 e. The third-order valence-corrected chi connectivity index (χ3v) is 7.17. The van der Waals surface area contributed by atoms with Gasteiger partial charge >= 0.3 is 0 Å². The number of amides is 1. The van der Waals surface area contributed by atoms with E-state index in [-0.39, 0.29) is 15.9 Å². The van der Waals surface area contributed by atoms with Crippen LogP contribution in [0.4, 0.5) is 5.69 Å². The van der Waals surface area contributed by atoms with Crippen LogP contribution in [0, 0.1) is 0 Å². The molecule has 34 heavy (non-hydrogen) atoms. The van der Waals surface area contributed by atoms with Gasteiger partial charge in [0.25, 0.3) is 5.91 Å². The molecule has 0 heterocycles. The molecule has 2 rings (SSSR count). The van der Waals surface area contributed by atoms with Gasteiger partial charge in [0.2, 0.25) is 10.0 Å². The van der Waals surface area contributed by atoms with Gasteiger partial charge in [0.15, 0.2) is 5.11 Å². The molecule has 2 N–H and O–H groups in total. The van der Waals surface area contributed by atoms with Crippen molar-refractivity contribution in [1.82, 2.24) is 9.62 Å². The lowest BCUT2D eigenvalue weighted by Crippen LogP contribution is -2.34. The molecule has 0 unspecified atom stereocenters. The predicted octanol–water partition coefficient (Wildman–Crippen LogP) is 5.19. The topological polar surface area (TPSA) is 87.7 Å². The first-order chi connectivity index (χ1) is 16.3. The van der Waals surface area contributed by atoms with Crippen molar-refractivity contribution >= 4 is 38.9 Å². The SMILES string of the molecule is CCCCCOc1ccc(C(=O)NC(=S)Nc2ccc(S(=O)(=O)N(CCC)CCC)cc2)cc1. The van der Waals surface area contributed by atoms with Crippen molar-refractivity contribution in [2.24, 2.45) is 0 Å². The average Bonchev–Trinajstić information content (AvgIpc) is 2.82. The molecule has 0 saturated carbocycles. The normalized spacial score (nSPS) is 11.3. The third-order valence-electron chi connectivity index (χ3n) is 5.06. The summed E-state index contributed by atoms with van der Waals surface area (Å²) in [6, 6.07) is 13.2. The van der Waals surface area contributed by atoms with Crippen LogP contribution in [0.2, 0.25) is 0 Å². The number of benzene rings is 2. The molecule has 9 heteroatoms. The highest BCUT2D eigenvalue weighted by molar-refractivity contribution is 7.89. The minimum absolute atomic E-state index is 0.124. The first-order valence-electron chi connectivity index (χ1n) is 11.8. The summed E-state index contributed by atoms with van der Waals surface area (Å²) >= 11 is 5.24. The molecular weight excluding hydrogens is 470 g/mol. The molecule has 2 aromatic carbocycles. The summed E-state index contributed by atoms with van der Waals surface area (Å²) in [5.41, 5.74) is 1.04. The largest absolute Gasteiger partial charge is 0.494 e. The number of hydrogen-bond donors (Lipinski definition) is 2. The fraction of sp³-hybridized carbons (Fsp3) is 0.440. The zero-order valence-electron chi connectivity index (χ0n) is 20.2. The standard InChI is InChI=1S/C25H35N3O4S2/c1-4-7-8-19-32-22-13-9-20(10-14-22)24(29)27-25(33)26-21-11-15-23(16-12-21)34(30,31)28(17-5-2)18-6-3/h9-16H,4-8,17-19H2,1-3H3,(H2,26,27,29,33). The van der Waals surface area contributed by atoms with E-state index >= 15 is 0 Å². The van der Waals surface area contributed by atoms with Crippen LogP contribution in [0.15, 0.2) is 53.4 Å². The van der Waals surface area contributed by atoms with Crippen molar-refractivity contribution in [3.05, 3.63) is 54.1 Å². The number of unbranched alkanes of at least 4 members (excludes halogenated alkanes) is 2. The van der Waals surface area contributed by atoms with Crippen LogP contribution in [0.25, 0.3) is 0 Å². The van der Waals surface area contributed by atoms with E-state index in [4.69, 9.17) is 17.0 Å². The number of nitrogens with zero attached hydrogens (tertiary/aromatic N) is 1. The zero-order chi connectivity index (χ0) is 25.0. The van der Waals surface area contributed by atoms with Crippen LogP contribution < -0.4 is 15.4 Å². The molecule has 0 spiro atoms. The van der Waals surface area contributed by atoms with Gasteiger partial charge in [-0.3, -0.25) is 10.1 Å². The summed E-state index contributed by atoms with van der Waals surface area (Å²) in [6.07, 6.45) is 4.76. The number of anilines is 1. The number of rotatable bonds is 13. The Hall–Kier alpha value is -2.49. The molecule has 0 aromatic heterocycles. The van der Waals surface area contributed by atoms with Gasteiger partial charge in [0, 0.05) is 24.3 Å². The summed E-state index contributed by atoms with van der Waals surface area (Å²) in [6.45, 7) is 7.68. The van der Waals surface area contributed by atoms with Crippen LogP contribution in [0.3, 0.4) is 0 Å². The monoisotopic (exact) mass is 505 g/mol. The highest BCUT2D eigenvalue weighted by Gasteiger charge is 2.22. The molecular formula is C25H35N3O4S2. The van der Waals surface area contributed by atoms with Crippen LogP contribution in [0.5, 0.6) is 5.75 Å². The van der Waals surface area contributed by atoms with Crippen molar-refractivity contribution in [3.8, 4) is 5.75 Å². The number of carbonyl (C=O) groups excluding carboxylic acids is 1. The van der Waals surface area contributed by atoms with E-state index in [1.54, 1.807) is 48.5 Å². The van der Waals surface area contributed by atoms with E-state index in [2.05, 4.69) is 17.6 Å². The zero-order valence-corrected chi connectivity index (χ0v) is 21.8. The van der Waals surface area contributed by atoms with Gasteiger partial charge < -0.3 is 10.1 Å². The minimum atomic E-state index is -3.55. The van der Waals surface area contributed by atoms with Crippen molar-refractivity contribution in [3.63, 3.8) is 0 Å². The van der Waals surface area contributed by atoms with Gasteiger partial charge in [0.1, 0.15) is 5.75 Å². The first kappa shape index (κ1) is 27.8. The van der Waals surface area contributed by atoms with Crippen LogP contribution in [-0.4, -0.2) is 43.4 Å². The summed E-state index contributed by atoms with van der Waals surface area (Å²) < 4.78 is 32.9. The summed E-state index contributed by atoms with van der Waals surface area (Å²) in [7, 11) is -3.55. The van der Waals surface area contributed by atoms with Crippen molar-refractivity contribution in [2.45, 2.75) is 57.8 Å². The number of ether oxygens (including phenoxy) is 1. The average molecular weight is 506 g/mol. The number of thiocarbonyl (C=S) groups is 1. The van der Waals surface area contributed by atoms with Gasteiger partial charge in [-0.1, -0.05) is 33.6 Å². The molecule has 1 amide bonds. The van der Waals surface area contributed by atoms with E-state index in [9.17, 15) is 13.2 Å². The fourth-order valence-corrected chi connectivity index (χ4v) is 5.13. The molecule has 0 aliphatic carbocycles. The number of hydrogen-bond acceptors (Lipinski definition) is 5. The minimum Gasteiger partial charge on any atom is -0.494 e. The van der Waals surface area contributed by atoms with Gasteiger partial charge in [0.05, 0.1) is 11.5 Å². The van der Waals surface area contributed by atoms with Gasteiger partial charge in [-0.05, 0) is 80.0 Å². The summed E-state index contributed by atoms with van der Waals surface area (Å²) in [4.78, 5) is 12.7. The van der Waals surface area contributed by atoms with E-state index in [1.807, 2.05) is 13.8 Å². The fourth-order valence-electron chi connectivity index (χ4n) is 3.29. The molecule has 0 aliphatic rings. The summed E-state index contributed by atoms with van der Waals surface area (Å²) in [5.74, 6) is 0.379. The van der Waals surface area contributed by atoms with E-state index < -0.39 is 10.0 Å². The van der Waals surface area contributed by atoms with Crippen LogP contribution in [-0.2, 0) is 10.0 Å². The Morgan fingerprint density at radius 1 is 0.912 bits per heavy atom. The van der Waals surface area contributed by atoms with E-state index in [0.29, 0.717) is 30.9 Å². The van der Waals surface area contributed by atoms with E-state index in [0.717, 1.165) is 37.9 Å². The molecule has 0 saturated heterocycles. The Labute approximate surface area is 208 Å². The lowest BCUT2D eigenvalue weighted by atomic mass is 10.2. The Morgan fingerprint density at radius 2 is 1.53 bits per heavy atom. The molecule has 186 valence electrons. The van der Waals surface area contributed by atoms with Gasteiger partial charge in [-0.2, -0.15) is 4.31 Å². The predicted molar refractivity (Wildman–Crippen MR) is 141 cm³/mol. The lowest BCUT2D eigenvalue weighted by molar-refractivity contribution is 0.0977. The number of carbonyl (C=O) groups is 1.